The first-order valence-electron chi connectivity index (χ1n) is 8.07. The smallest absolute Gasteiger partial charge is 0.305 e. The fraction of sp³-hybridized carbons (Fsp3) is 0.438. The molecule has 0 radical (unpaired) electrons. The molecule has 0 spiro atoms. The Labute approximate surface area is 150 Å². The fourth-order valence-corrected chi connectivity index (χ4v) is 1.89. The van der Waals surface area contributed by atoms with Crippen molar-refractivity contribution in [1.82, 2.24) is 10.3 Å². The lowest BCUT2D eigenvalue weighted by atomic mass is 10.2. The maximum Gasteiger partial charge on any atom is 0.305 e. The number of carboxylic acids is 1. The van der Waals surface area contributed by atoms with E-state index in [4.69, 9.17) is 10.2 Å². The summed E-state index contributed by atoms with van der Waals surface area (Å²) in [7, 11) is 0. The molecule has 0 aliphatic carbocycles. The summed E-state index contributed by atoms with van der Waals surface area (Å²) in [6, 6.07) is 4.71. The Balaban J connectivity index is 2.33. The molecule has 0 aliphatic heterocycles. The third kappa shape index (κ3) is 9.33. The number of rotatable bonds is 11. The van der Waals surface area contributed by atoms with Gasteiger partial charge < -0.3 is 26.2 Å². The van der Waals surface area contributed by atoms with Crippen LogP contribution in [0.15, 0.2) is 18.2 Å². The monoisotopic (exact) mass is 366 g/mol. The van der Waals surface area contributed by atoms with E-state index in [9.17, 15) is 19.2 Å². The normalized spacial score (nSPS) is 10.0. The predicted molar refractivity (Wildman–Crippen MR) is 92.3 cm³/mol. The molecule has 5 N–H and O–H groups in total. The minimum atomic E-state index is -0.994. The Kier molecular flexibility index (Phi) is 9.33. The second kappa shape index (κ2) is 11.5. The highest BCUT2D eigenvalue weighted by molar-refractivity contribution is 5.92. The maximum atomic E-state index is 11.9. The summed E-state index contributed by atoms with van der Waals surface area (Å²) in [5.41, 5.74) is 0. The van der Waals surface area contributed by atoms with Gasteiger partial charge >= 0.3 is 5.97 Å². The van der Waals surface area contributed by atoms with Gasteiger partial charge in [0.25, 0.3) is 0 Å². The highest BCUT2D eigenvalue weighted by Crippen LogP contribution is 2.10. The standard InChI is InChI=1S/C16H22N4O6/c21-10-8-15(24)20-12-4-1-3-11(18-12)19-14(23)6-2-5-13(22)17-9-7-16(25)26/h1,3-4,21H,2,5-10H2,(H,17,22)(H,25,26)(H2,18,19,20,23,24). The van der Waals surface area contributed by atoms with Crippen LogP contribution in [0.3, 0.4) is 0 Å². The average Bonchev–Trinajstić information content (AvgIpc) is 2.55. The lowest BCUT2D eigenvalue weighted by Crippen LogP contribution is -2.26. The van der Waals surface area contributed by atoms with Gasteiger partial charge in [0, 0.05) is 19.4 Å². The van der Waals surface area contributed by atoms with E-state index in [2.05, 4.69) is 20.9 Å². The number of hydrogen-bond donors (Lipinski definition) is 5. The summed E-state index contributed by atoms with van der Waals surface area (Å²) >= 11 is 0. The molecule has 1 aromatic heterocycles. The topological polar surface area (TPSA) is 158 Å². The minimum absolute atomic E-state index is 0.0488. The minimum Gasteiger partial charge on any atom is -0.481 e. The number of anilines is 2. The van der Waals surface area contributed by atoms with Crippen LogP contribution in [0.2, 0.25) is 0 Å². The molecule has 0 atom stereocenters. The van der Waals surface area contributed by atoms with Crippen LogP contribution in [0.4, 0.5) is 11.6 Å². The Morgan fingerprint density at radius 2 is 1.46 bits per heavy atom. The second-order valence-electron chi connectivity index (χ2n) is 5.33. The van der Waals surface area contributed by atoms with E-state index < -0.39 is 11.9 Å². The van der Waals surface area contributed by atoms with E-state index in [1.54, 1.807) is 18.2 Å². The van der Waals surface area contributed by atoms with E-state index in [1.165, 1.54) is 0 Å². The van der Waals surface area contributed by atoms with Crippen LogP contribution < -0.4 is 16.0 Å². The van der Waals surface area contributed by atoms with Crippen LogP contribution in [-0.4, -0.2) is 52.0 Å². The molecule has 26 heavy (non-hydrogen) atoms. The highest BCUT2D eigenvalue weighted by Gasteiger charge is 2.08. The molecule has 0 aliphatic rings. The zero-order valence-corrected chi connectivity index (χ0v) is 14.2. The number of nitrogens with zero attached hydrogens (tertiary/aromatic N) is 1. The highest BCUT2D eigenvalue weighted by atomic mass is 16.4. The van der Waals surface area contributed by atoms with E-state index in [0.717, 1.165) is 0 Å². The number of pyridine rings is 1. The molecule has 1 aromatic rings. The number of aliphatic hydroxyl groups is 1. The van der Waals surface area contributed by atoms with Crippen LogP contribution >= 0.6 is 0 Å². The first-order chi connectivity index (χ1) is 12.4. The van der Waals surface area contributed by atoms with Crippen LogP contribution in [-0.2, 0) is 19.2 Å². The number of carbonyl (C=O) groups excluding carboxylic acids is 3. The van der Waals surface area contributed by atoms with Gasteiger partial charge in [-0.3, -0.25) is 19.2 Å². The summed E-state index contributed by atoms with van der Waals surface area (Å²) in [5, 5.41) is 24.7. The van der Waals surface area contributed by atoms with Gasteiger partial charge in [-0.05, 0) is 18.6 Å². The lowest BCUT2D eigenvalue weighted by molar-refractivity contribution is -0.137. The lowest BCUT2D eigenvalue weighted by Gasteiger charge is -2.08. The van der Waals surface area contributed by atoms with Crippen molar-refractivity contribution >= 4 is 35.3 Å². The largest absolute Gasteiger partial charge is 0.481 e. The van der Waals surface area contributed by atoms with Gasteiger partial charge in [-0.2, -0.15) is 0 Å². The number of aromatic nitrogens is 1. The van der Waals surface area contributed by atoms with E-state index in [-0.39, 0.29) is 62.3 Å². The fourth-order valence-electron chi connectivity index (χ4n) is 1.89. The molecule has 0 saturated heterocycles. The molecule has 0 fully saturated rings. The molecule has 10 heteroatoms. The molecule has 0 unspecified atom stereocenters. The zero-order chi connectivity index (χ0) is 19.4. The summed E-state index contributed by atoms with van der Waals surface area (Å²) in [5.74, 6) is -1.54. The second-order valence-corrected chi connectivity index (χ2v) is 5.33. The molecule has 0 bridgehead atoms. The Morgan fingerprint density at radius 3 is 2.04 bits per heavy atom. The molecule has 10 nitrogen and oxygen atoms in total. The molecular formula is C16H22N4O6. The number of carbonyl (C=O) groups is 4. The number of amides is 3. The molecule has 0 aromatic carbocycles. The van der Waals surface area contributed by atoms with E-state index in [1.807, 2.05) is 0 Å². The Hall–Kier alpha value is -3.01. The average molecular weight is 366 g/mol. The van der Waals surface area contributed by atoms with Crippen molar-refractivity contribution in [2.75, 3.05) is 23.8 Å². The van der Waals surface area contributed by atoms with Crippen LogP contribution in [0.1, 0.15) is 32.1 Å². The van der Waals surface area contributed by atoms with Crippen LogP contribution in [0, 0.1) is 0 Å². The number of aliphatic hydroxyl groups excluding tert-OH is 1. The van der Waals surface area contributed by atoms with Crippen LogP contribution in [0.5, 0.6) is 0 Å². The van der Waals surface area contributed by atoms with Crippen molar-refractivity contribution in [2.24, 2.45) is 0 Å². The van der Waals surface area contributed by atoms with Crippen molar-refractivity contribution < 1.29 is 29.4 Å². The molecule has 0 saturated carbocycles. The van der Waals surface area contributed by atoms with Gasteiger partial charge in [0.1, 0.15) is 11.6 Å². The SMILES string of the molecule is O=C(O)CCNC(=O)CCCC(=O)Nc1cccc(NC(=O)CCO)n1. The van der Waals surface area contributed by atoms with Gasteiger partial charge in [-0.15, -0.1) is 0 Å². The summed E-state index contributed by atoms with van der Waals surface area (Å²) in [6.07, 6.45) is 0.306. The van der Waals surface area contributed by atoms with Gasteiger partial charge in [0.05, 0.1) is 19.4 Å². The summed E-state index contributed by atoms with van der Waals surface area (Å²) in [6.45, 7) is -0.217. The number of carboxylic acid groups (broad SMARTS) is 1. The number of nitrogens with one attached hydrogen (secondary N) is 3. The predicted octanol–water partition coefficient (Wildman–Crippen LogP) is 0.102. The van der Waals surface area contributed by atoms with Crippen LogP contribution in [0.25, 0.3) is 0 Å². The van der Waals surface area contributed by atoms with Gasteiger partial charge in [-0.25, -0.2) is 4.98 Å². The molecule has 1 rings (SSSR count). The van der Waals surface area contributed by atoms with E-state index in [0.29, 0.717) is 6.42 Å². The van der Waals surface area contributed by atoms with Crippen molar-refractivity contribution in [3.63, 3.8) is 0 Å². The maximum absolute atomic E-state index is 11.9. The third-order valence-corrected chi connectivity index (χ3v) is 3.09. The van der Waals surface area contributed by atoms with E-state index >= 15 is 0 Å². The van der Waals surface area contributed by atoms with Gasteiger partial charge in [0.2, 0.25) is 17.7 Å². The molecule has 1 heterocycles. The van der Waals surface area contributed by atoms with Crippen molar-refractivity contribution in [2.45, 2.75) is 32.1 Å². The molecule has 3 amide bonds. The molecular weight excluding hydrogens is 344 g/mol. The van der Waals surface area contributed by atoms with Gasteiger partial charge in [0.15, 0.2) is 0 Å². The first kappa shape index (κ1) is 21.0. The summed E-state index contributed by atoms with van der Waals surface area (Å²) in [4.78, 5) is 49.1. The number of hydrogen-bond acceptors (Lipinski definition) is 6. The number of aliphatic carboxylic acids is 1. The summed E-state index contributed by atoms with van der Waals surface area (Å²) < 4.78 is 0. The Bertz CT molecular complexity index is 649. The van der Waals surface area contributed by atoms with Gasteiger partial charge in [-0.1, -0.05) is 6.07 Å². The first-order valence-corrected chi connectivity index (χ1v) is 8.07. The third-order valence-electron chi connectivity index (χ3n) is 3.09. The van der Waals surface area contributed by atoms with Crippen molar-refractivity contribution in [1.29, 1.82) is 0 Å². The van der Waals surface area contributed by atoms with Crippen molar-refractivity contribution in [3.8, 4) is 0 Å². The molecule has 142 valence electrons. The Morgan fingerprint density at radius 1 is 0.885 bits per heavy atom. The zero-order valence-electron chi connectivity index (χ0n) is 14.2. The quantitative estimate of drug-likeness (QED) is 0.371. The van der Waals surface area contributed by atoms with Crippen molar-refractivity contribution in [3.05, 3.63) is 18.2 Å².